The van der Waals surface area contributed by atoms with Gasteiger partial charge in [-0.3, -0.25) is 4.90 Å². The van der Waals surface area contributed by atoms with E-state index in [1.165, 1.54) is 11.1 Å². The Kier molecular flexibility index (Phi) is 5.23. The maximum absolute atomic E-state index is 9.90. The largest absolute Gasteiger partial charge is 0.295 e. The summed E-state index contributed by atoms with van der Waals surface area (Å²) >= 11 is 6.29. The van der Waals surface area contributed by atoms with Crippen molar-refractivity contribution in [3.63, 3.8) is 0 Å². The minimum absolute atomic E-state index is 0.224. The smallest absolute Gasteiger partial charge is 0.0849 e. The van der Waals surface area contributed by atoms with E-state index < -0.39 is 5.41 Å². The van der Waals surface area contributed by atoms with E-state index in [4.69, 9.17) is 11.6 Å². The number of hydrogen-bond acceptors (Lipinski definition) is 2. The van der Waals surface area contributed by atoms with Crippen LogP contribution in [0.4, 0.5) is 0 Å². The average Bonchev–Trinajstić information content (AvgIpc) is 2.65. The number of piperidine rings is 1. The van der Waals surface area contributed by atoms with Crippen LogP contribution in [0, 0.1) is 18.3 Å². The number of rotatable bonds is 4. The summed E-state index contributed by atoms with van der Waals surface area (Å²) in [5.41, 5.74) is 3.29. The molecule has 0 radical (unpaired) electrons. The van der Waals surface area contributed by atoms with Gasteiger partial charge in [0.15, 0.2) is 0 Å². The number of halogens is 1. The van der Waals surface area contributed by atoms with Gasteiger partial charge in [-0.15, -0.1) is 11.6 Å². The molecule has 1 saturated heterocycles. The second-order valence-corrected chi connectivity index (χ2v) is 7.09. The van der Waals surface area contributed by atoms with Crippen LogP contribution < -0.4 is 0 Å². The summed E-state index contributed by atoms with van der Waals surface area (Å²) in [6.07, 6.45) is 1.65. The summed E-state index contributed by atoms with van der Waals surface area (Å²) in [5.74, 6) is 0.558. The zero-order chi connectivity index (χ0) is 17.0. The normalized spacial score (nSPS) is 24.5. The number of aryl methyl sites for hydroxylation is 1. The lowest BCUT2D eigenvalue weighted by molar-refractivity contribution is 0.119. The first-order chi connectivity index (χ1) is 11.7. The number of hydrogen-bond donors (Lipinski definition) is 0. The van der Waals surface area contributed by atoms with Crippen LogP contribution in [0.1, 0.15) is 29.5 Å². The predicted octanol–water partition coefficient (Wildman–Crippen LogP) is 4.66. The van der Waals surface area contributed by atoms with Crippen LogP contribution >= 0.6 is 11.6 Å². The molecule has 0 aromatic heterocycles. The van der Waals surface area contributed by atoms with Crippen molar-refractivity contribution in [2.24, 2.45) is 0 Å². The lowest BCUT2D eigenvalue weighted by Crippen LogP contribution is -2.49. The van der Waals surface area contributed by atoms with Crippen molar-refractivity contribution in [3.05, 3.63) is 71.3 Å². The Morgan fingerprint density at radius 3 is 2.50 bits per heavy atom. The van der Waals surface area contributed by atoms with Gasteiger partial charge in [-0.2, -0.15) is 5.26 Å². The number of nitriles is 1. The first-order valence-corrected chi connectivity index (χ1v) is 9.03. The SMILES string of the molecule is Cc1ccc(CN2CC[C@](C#N)(c3ccccc3)C[C@@H]2CCl)cc1. The zero-order valence-electron chi connectivity index (χ0n) is 14.1. The highest BCUT2D eigenvalue weighted by molar-refractivity contribution is 6.18. The molecule has 3 rings (SSSR count). The number of likely N-dealkylation sites (tertiary alicyclic amines) is 1. The monoisotopic (exact) mass is 338 g/mol. The van der Waals surface area contributed by atoms with Crippen LogP contribution in [-0.4, -0.2) is 23.4 Å². The molecular formula is C21H23ClN2. The summed E-state index contributed by atoms with van der Waals surface area (Å²) < 4.78 is 0. The molecule has 1 fully saturated rings. The molecule has 0 bridgehead atoms. The molecule has 0 aliphatic carbocycles. The Labute approximate surface area is 149 Å². The first kappa shape index (κ1) is 17.0. The van der Waals surface area contributed by atoms with Gasteiger partial charge in [-0.25, -0.2) is 0 Å². The van der Waals surface area contributed by atoms with E-state index in [2.05, 4.69) is 54.3 Å². The van der Waals surface area contributed by atoms with Crippen LogP contribution in [0.15, 0.2) is 54.6 Å². The molecule has 2 atom stereocenters. The molecule has 3 heteroatoms. The Morgan fingerprint density at radius 2 is 1.88 bits per heavy atom. The van der Waals surface area contributed by atoms with Gasteiger partial charge in [0.1, 0.15) is 0 Å². The van der Waals surface area contributed by atoms with Gasteiger partial charge >= 0.3 is 0 Å². The van der Waals surface area contributed by atoms with Crippen molar-refractivity contribution in [1.82, 2.24) is 4.90 Å². The summed E-state index contributed by atoms with van der Waals surface area (Å²) in [7, 11) is 0. The fourth-order valence-electron chi connectivity index (χ4n) is 3.62. The topological polar surface area (TPSA) is 27.0 Å². The lowest BCUT2D eigenvalue weighted by atomic mass is 9.71. The number of benzene rings is 2. The van der Waals surface area contributed by atoms with Crippen LogP contribution in [0.2, 0.25) is 0 Å². The molecule has 2 aromatic rings. The van der Waals surface area contributed by atoms with E-state index in [0.717, 1.165) is 31.5 Å². The third-order valence-corrected chi connectivity index (χ3v) is 5.51. The molecule has 1 aliphatic rings. The second-order valence-electron chi connectivity index (χ2n) is 6.78. The highest BCUT2D eigenvalue weighted by Crippen LogP contribution is 2.38. The standard InChI is InChI=1S/C21H23ClN2/c1-17-7-9-18(10-8-17)15-24-12-11-21(16-23,13-20(24)14-22)19-5-3-2-4-6-19/h2-10,20H,11-15H2,1H3/t20-,21+/m1/s1. The lowest BCUT2D eigenvalue weighted by Gasteiger charge is -2.43. The quantitative estimate of drug-likeness (QED) is 0.758. The van der Waals surface area contributed by atoms with Gasteiger partial charge in [-0.1, -0.05) is 60.2 Å². The van der Waals surface area contributed by atoms with E-state index in [9.17, 15) is 5.26 Å². The Bertz CT molecular complexity index is 705. The molecule has 24 heavy (non-hydrogen) atoms. The van der Waals surface area contributed by atoms with Gasteiger partial charge in [0.25, 0.3) is 0 Å². The molecule has 0 spiro atoms. The first-order valence-electron chi connectivity index (χ1n) is 8.49. The molecule has 0 saturated carbocycles. The van der Waals surface area contributed by atoms with E-state index in [-0.39, 0.29) is 6.04 Å². The van der Waals surface area contributed by atoms with Crippen LogP contribution in [-0.2, 0) is 12.0 Å². The van der Waals surface area contributed by atoms with Crippen molar-refractivity contribution in [2.45, 2.75) is 37.8 Å². The summed E-state index contributed by atoms with van der Waals surface area (Å²) in [6.45, 7) is 3.90. The van der Waals surface area contributed by atoms with Crippen molar-refractivity contribution in [3.8, 4) is 6.07 Å². The van der Waals surface area contributed by atoms with Crippen LogP contribution in [0.25, 0.3) is 0 Å². The molecule has 1 aliphatic heterocycles. The maximum Gasteiger partial charge on any atom is 0.0849 e. The highest BCUT2D eigenvalue weighted by Gasteiger charge is 2.41. The molecule has 124 valence electrons. The predicted molar refractivity (Wildman–Crippen MR) is 99.1 cm³/mol. The third kappa shape index (κ3) is 3.48. The zero-order valence-corrected chi connectivity index (χ0v) is 14.8. The van der Waals surface area contributed by atoms with Crippen LogP contribution in [0.3, 0.4) is 0 Å². The molecule has 0 unspecified atom stereocenters. The van der Waals surface area contributed by atoms with E-state index >= 15 is 0 Å². The minimum Gasteiger partial charge on any atom is -0.295 e. The van der Waals surface area contributed by atoms with Gasteiger partial charge in [-0.05, 0) is 30.9 Å². The van der Waals surface area contributed by atoms with E-state index in [1.54, 1.807) is 0 Å². The summed E-state index contributed by atoms with van der Waals surface area (Å²) in [6, 6.07) is 21.7. The second kappa shape index (κ2) is 7.38. The molecule has 2 nitrogen and oxygen atoms in total. The van der Waals surface area contributed by atoms with Gasteiger partial charge in [0.2, 0.25) is 0 Å². The van der Waals surface area contributed by atoms with Crippen molar-refractivity contribution in [2.75, 3.05) is 12.4 Å². The fraction of sp³-hybridized carbons (Fsp3) is 0.381. The average molecular weight is 339 g/mol. The van der Waals surface area contributed by atoms with Gasteiger partial charge in [0.05, 0.1) is 11.5 Å². The number of nitrogens with zero attached hydrogens (tertiary/aromatic N) is 2. The third-order valence-electron chi connectivity index (χ3n) is 5.15. The molecule has 2 aromatic carbocycles. The van der Waals surface area contributed by atoms with Gasteiger partial charge < -0.3 is 0 Å². The number of alkyl halides is 1. The van der Waals surface area contributed by atoms with Crippen LogP contribution in [0.5, 0.6) is 0 Å². The molecule has 0 amide bonds. The molecular weight excluding hydrogens is 316 g/mol. The summed E-state index contributed by atoms with van der Waals surface area (Å²) in [5, 5.41) is 9.90. The Morgan fingerprint density at radius 1 is 1.17 bits per heavy atom. The van der Waals surface area contributed by atoms with Crippen molar-refractivity contribution in [1.29, 1.82) is 5.26 Å². The molecule has 0 N–H and O–H groups in total. The summed E-state index contributed by atoms with van der Waals surface area (Å²) in [4.78, 5) is 2.43. The Balaban J connectivity index is 1.78. The highest BCUT2D eigenvalue weighted by atomic mass is 35.5. The van der Waals surface area contributed by atoms with Crippen molar-refractivity contribution >= 4 is 11.6 Å². The van der Waals surface area contributed by atoms with E-state index in [1.807, 2.05) is 18.2 Å². The fourth-order valence-corrected chi connectivity index (χ4v) is 3.93. The molecule has 1 heterocycles. The minimum atomic E-state index is -0.412. The van der Waals surface area contributed by atoms with Gasteiger partial charge in [0, 0.05) is 25.0 Å². The van der Waals surface area contributed by atoms with Crippen molar-refractivity contribution < 1.29 is 0 Å². The Hall–Kier alpha value is -1.82. The maximum atomic E-state index is 9.90. The van der Waals surface area contributed by atoms with E-state index in [0.29, 0.717) is 5.88 Å².